The van der Waals surface area contributed by atoms with Crippen LogP contribution in [-0.2, 0) is 16.6 Å². The van der Waals surface area contributed by atoms with Crippen molar-refractivity contribution < 1.29 is 8.42 Å². The summed E-state index contributed by atoms with van der Waals surface area (Å²) in [7, 11) is -1.32. The van der Waals surface area contributed by atoms with E-state index in [1.54, 1.807) is 4.31 Å². The lowest BCUT2D eigenvalue weighted by Gasteiger charge is -2.37. The first-order valence-corrected chi connectivity index (χ1v) is 11.5. The number of rotatable bonds is 7. The lowest BCUT2D eigenvalue weighted by Crippen LogP contribution is -2.49. The van der Waals surface area contributed by atoms with E-state index in [2.05, 4.69) is 34.5 Å². The van der Waals surface area contributed by atoms with Gasteiger partial charge in [0.1, 0.15) is 5.37 Å². The fourth-order valence-corrected chi connectivity index (χ4v) is 6.59. The minimum absolute atomic E-state index is 0.298. The van der Waals surface area contributed by atoms with Gasteiger partial charge < -0.3 is 5.32 Å². The summed E-state index contributed by atoms with van der Waals surface area (Å²) < 4.78 is 28.4. The molecule has 0 aromatic heterocycles. The Hall–Kier alpha value is -0.950. The van der Waals surface area contributed by atoms with Gasteiger partial charge in [-0.1, -0.05) is 31.2 Å². The number of hydrogen-bond donors (Lipinski definition) is 1. The highest BCUT2D eigenvalue weighted by atomic mass is 32.2. The van der Waals surface area contributed by atoms with E-state index in [4.69, 9.17) is 0 Å². The van der Waals surface area contributed by atoms with Gasteiger partial charge in [-0.05, 0) is 69.3 Å². The predicted molar refractivity (Wildman–Crippen MR) is 107 cm³/mol. The summed E-state index contributed by atoms with van der Waals surface area (Å²) in [6.07, 6.45) is 4.91. The first kappa shape index (κ1) is 19.8. The molecule has 2 heterocycles. The lowest BCUT2D eigenvalue weighted by atomic mass is 9.91. The quantitative estimate of drug-likeness (QED) is 0.791. The Kier molecular flexibility index (Phi) is 6.72. The van der Waals surface area contributed by atoms with E-state index in [1.165, 1.54) is 11.1 Å². The molecular formula is C20H33N3O2S. The van der Waals surface area contributed by atoms with Crippen molar-refractivity contribution >= 4 is 10.0 Å². The second kappa shape index (κ2) is 8.83. The zero-order chi connectivity index (χ0) is 18.6. The SMILES string of the molecule is CCC(N1CCCC1)S(=O)(=O)N1CCCC(c2cccc(CNC)c2)C1. The first-order valence-electron chi connectivity index (χ1n) is 10.0. The van der Waals surface area contributed by atoms with Crippen molar-refractivity contribution in [1.82, 2.24) is 14.5 Å². The Morgan fingerprint density at radius 2 is 1.96 bits per heavy atom. The fraction of sp³-hybridized carbons (Fsp3) is 0.700. The summed E-state index contributed by atoms with van der Waals surface area (Å²) in [5.74, 6) is 0.298. The van der Waals surface area contributed by atoms with Crippen molar-refractivity contribution in [3.63, 3.8) is 0 Å². The van der Waals surface area contributed by atoms with Gasteiger partial charge in [-0.15, -0.1) is 0 Å². The third kappa shape index (κ3) is 4.30. The van der Waals surface area contributed by atoms with Crippen LogP contribution in [0.4, 0.5) is 0 Å². The maximum Gasteiger partial charge on any atom is 0.230 e. The topological polar surface area (TPSA) is 52.7 Å². The van der Waals surface area contributed by atoms with Crippen molar-refractivity contribution in [1.29, 1.82) is 0 Å². The van der Waals surface area contributed by atoms with Gasteiger partial charge in [-0.25, -0.2) is 8.42 Å². The first-order chi connectivity index (χ1) is 12.6. The van der Waals surface area contributed by atoms with Crippen LogP contribution in [0.1, 0.15) is 56.1 Å². The summed E-state index contributed by atoms with van der Waals surface area (Å²) in [6.45, 7) is 5.97. The van der Waals surface area contributed by atoms with Crippen molar-refractivity contribution in [2.75, 3.05) is 33.2 Å². The van der Waals surface area contributed by atoms with Crippen LogP contribution in [0, 0.1) is 0 Å². The molecular weight excluding hydrogens is 346 g/mol. The molecule has 146 valence electrons. The lowest BCUT2D eigenvalue weighted by molar-refractivity contribution is 0.262. The summed E-state index contributed by atoms with van der Waals surface area (Å²) in [4.78, 5) is 2.17. The molecule has 0 aliphatic carbocycles. The van der Waals surface area contributed by atoms with E-state index in [9.17, 15) is 8.42 Å². The highest BCUT2D eigenvalue weighted by Crippen LogP contribution is 2.31. The Balaban J connectivity index is 1.75. The Labute approximate surface area is 158 Å². The van der Waals surface area contributed by atoms with Gasteiger partial charge in [0.05, 0.1) is 0 Å². The highest BCUT2D eigenvalue weighted by Gasteiger charge is 2.38. The van der Waals surface area contributed by atoms with E-state index in [0.29, 0.717) is 25.4 Å². The second-order valence-corrected chi connectivity index (χ2v) is 9.71. The number of likely N-dealkylation sites (tertiary alicyclic amines) is 1. The molecule has 2 fully saturated rings. The largest absolute Gasteiger partial charge is 0.316 e. The maximum absolute atomic E-state index is 13.3. The number of nitrogens with one attached hydrogen (secondary N) is 1. The molecule has 0 amide bonds. The molecule has 1 aromatic rings. The molecule has 0 radical (unpaired) electrons. The van der Waals surface area contributed by atoms with Gasteiger partial charge in [0.25, 0.3) is 0 Å². The molecule has 2 saturated heterocycles. The third-order valence-corrected chi connectivity index (χ3v) is 8.16. The van der Waals surface area contributed by atoms with Gasteiger partial charge in [0, 0.05) is 19.6 Å². The summed E-state index contributed by atoms with van der Waals surface area (Å²) >= 11 is 0. The monoisotopic (exact) mass is 379 g/mol. The zero-order valence-electron chi connectivity index (χ0n) is 16.2. The number of benzene rings is 1. The molecule has 2 unspecified atom stereocenters. The van der Waals surface area contributed by atoms with Gasteiger partial charge in [0.2, 0.25) is 10.0 Å². The molecule has 5 nitrogen and oxygen atoms in total. The molecule has 3 rings (SSSR count). The molecule has 0 bridgehead atoms. The van der Waals surface area contributed by atoms with Crippen molar-refractivity contribution in [2.45, 2.75) is 56.9 Å². The average molecular weight is 380 g/mol. The van der Waals surface area contributed by atoms with Crippen LogP contribution in [0.5, 0.6) is 0 Å². The van der Waals surface area contributed by atoms with Crippen molar-refractivity contribution in [2.24, 2.45) is 0 Å². The molecule has 0 spiro atoms. The highest BCUT2D eigenvalue weighted by molar-refractivity contribution is 7.89. The number of nitrogens with zero attached hydrogens (tertiary/aromatic N) is 2. The second-order valence-electron chi connectivity index (χ2n) is 7.62. The maximum atomic E-state index is 13.3. The number of sulfonamides is 1. The summed E-state index contributed by atoms with van der Waals surface area (Å²) in [5, 5.41) is 2.84. The van der Waals surface area contributed by atoms with Gasteiger partial charge in [-0.2, -0.15) is 4.31 Å². The van der Waals surface area contributed by atoms with Crippen LogP contribution in [0.2, 0.25) is 0 Å². The van der Waals surface area contributed by atoms with Crippen LogP contribution < -0.4 is 5.32 Å². The Morgan fingerprint density at radius 3 is 2.65 bits per heavy atom. The summed E-state index contributed by atoms with van der Waals surface area (Å²) in [5.41, 5.74) is 2.53. The Bertz CT molecular complexity index is 686. The zero-order valence-corrected chi connectivity index (χ0v) is 17.0. The van der Waals surface area contributed by atoms with Crippen LogP contribution in [0.3, 0.4) is 0 Å². The van der Waals surface area contributed by atoms with Gasteiger partial charge in [-0.3, -0.25) is 4.90 Å². The normalized spacial score (nSPS) is 24.0. The van der Waals surface area contributed by atoms with Crippen molar-refractivity contribution in [3.05, 3.63) is 35.4 Å². The van der Waals surface area contributed by atoms with Crippen LogP contribution in [-0.4, -0.2) is 56.2 Å². The van der Waals surface area contributed by atoms with Crippen LogP contribution in [0.25, 0.3) is 0 Å². The minimum atomic E-state index is -3.27. The van der Waals surface area contributed by atoms with E-state index in [0.717, 1.165) is 45.3 Å². The smallest absolute Gasteiger partial charge is 0.230 e. The van der Waals surface area contributed by atoms with Crippen molar-refractivity contribution in [3.8, 4) is 0 Å². The molecule has 1 N–H and O–H groups in total. The number of piperidine rings is 1. The molecule has 0 saturated carbocycles. The molecule has 2 aliphatic rings. The van der Waals surface area contributed by atoms with Crippen LogP contribution >= 0.6 is 0 Å². The van der Waals surface area contributed by atoms with E-state index in [1.807, 2.05) is 14.0 Å². The molecule has 6 heteroatoms. The number of hydrogen-bond acceptors (Lipinski definition) is 4. The average Bonchev–Trinajstić information content (AvgIpc) is 3.17. The molecule has 26 heavy (non-hydrogen) atoms. The van der Waals surface area contributed by atoms with E-state index < -0.39 is 10.0 Å². The van der Waals surface area contributed by atoms with Gasteiger partial charge >= 0.3 is 0 Å². The standard InChI is InChI=1S/C20H33N3O2S/c1-3-20(22-11-4-5-12-22)26(24,25)23-13-7-10-19(16-23)18-9-6-8-17(14-18)15-21-2/h6,8-9,14,19-21H,3-5,7,10-13,15-16H2,1-2H3. The summed E-state index contributed by atoms with van der Waals surface area (Å²) in [6, 6.07) is 8.60. The minimum Gasteiger partial charge on any atom is -0.316 e. The Morgan fingerprint density at radius 1 is 1.19 bits per heavy atom. The molecule has 2 aliphatic heterocycles. The fourth-order valence-electron chi connectivity index (χ4n) is 4.47. The third-order valence-electron chi connectivity index (χ3n) is 5.79. The van der Waals surface area contributed by atoms with E-state index in [-0.39, 0.29) is 5.37 Å². The van der Waals surface area contributed by atoms with Crippen LogP contribution in [0.15, 0.2) is 24.3 Å². The predicted octanol–water partition coefficient (Wildman–Crippen LogP) is 2.75. The van der Waals surface area contributed by atoms with E-state index >= 15 is 0 Å². The molecule has 2 atom stereocenters. The molecule has 1 aromatic carbocycles. The van der Waals surface area contributed by atoms with Gasteiger partial charge in [0.15, 0.2) is 0 Å².